The molecule has 2 aromatic carbocycles. The fraction of sp³-hybridized carbons (Fsp3) is 0.667. The molecular weight excluding hydrogens is 641 g/mol. The minimum absolute atomic E-state index is 0. The second-order valence-corrected chi connectivity index (χ2v) is 14.8. The molecule has 260 valence electrons. The van der Waals surface area contributed by atoms with Gasteiger partial charge in [0.15, 0.2) is 0 Å². The number of benzene rings is 2. The molecule has 0 aromatic heterocycles. The van der Waals surface area contributed by atoms with Gasteiger partial charge >= 0.3 is 46.1 Å². The third-order valence-corrected chi connectivity index (χ3v) is 10.2. The zero-order valence-corrected chi connectivity index (χ0v) is 33.5. The van der Waals surface area contributed by atoms with Gasteiger partial charge in [0.05, 0.1) is 23.0 Å². The Morgan fingerprint density at radius 1 is 0.413 bits per heavy atom. The van der Waals surface area contributed by atoms with E-state index in [1.807, 2.05) is 0 Å². The minimum Gasteiger partial charge on any atom is -1.00 e. The SMILES string of the molecule is CCCCCCCCCCCCOS(=O)(=O)c1ccccc1.CCCCCCCCCCCCOS(=O)(=O)c1ccccc1.[H-].[H-].[H-].[H-].[Mg+2].[Mg+2]. The van der Waals surface area contributed by atoms with Crippen LogP contribution in [0.1, 0.15) is 148 Å². The maximum Gasteiger partial charge on any atom is 2.00 e. The summed E-state index contributed by atoms with van der Waals surface area (Å²) < 4.78 is 57.6. The van der Waals surface area contributed by atoms with Gasteiger partial charge < -0.3 is 5.71 Å². The molecule has 6 nitrogen and oxygen atoms in total. The first-order valence-electron chi connectivity index (χ1n) is 17.2. The number of hydrogen-bond donors (Lipinski definition) is 0. The van der Waals surface area contributed by atoms with Gasteiger partial charge in [-0.25, -0.2) is 0 Å². The van der Waals surface area contributed by atoms with Crippen molar-refractivity contribution in [2.75, 3.05) is 13.2 Å². The fourth-order valence-corrected chi connectivity index (χ4v) is 6.75. The van der Waals surface area contributed by atoms with Gasteiger partial charge in [-0.3, -0.25) is 8.37 Å². The van der Waals surface area contributed by atoms with E-state index in [4.69, 9.17) is 8.37 Å². The van der Waals surface area contributed by atoms with Gasteiger partial charge in [0.2, 0.25) is 0 Å². The Labute approximate surface area is 321 Å². The zero-order valence-electron chi connectivity index (χ0n) is 33.0. The molecular formula is C36H64Mg2O6S2. The molecule has 0 unspecified atom stereocenters. The van der Waals surface area contributed by atoms with Crippen LogP contribution < -0.4 is 0 Å². The van der Waals surface area contributed by atoms with Gasteiger partial charge in [0, 0.05) is 0 Å². The summed E-state index contributed by atoms with van der Waals surface area (Å²) in [5.74, 6) is 0. The Bertz CT molecular complexity index is 1060. The molecule has 0 bridgehead atoms. The van der Waals surface area contributed by atoms with Crippen LogP contribution in [-0.2, 0) is 28.6 Å². The van der Waals surface area contributed by atoms with E-state index in [0.717, 1.165) is 25.7 Å². The van der Waals surface area contributed by atoms with Crippen LogP contribution >= 0.6 is 0 Å². The maximum atomic E-state index is 11.9. The summed E-state index contributed by atoms with van der Waals surface area (Å²) in [6.45, 7) is 5.04. The van der Waals surface area contributed by atoms with Crippen molar-refractivity contribution >= 4 is 66.3 Å². The molecule has 0 aliphatic carbocycles. The van der Waals surface area contributed by atoms with Crippen LogP contribution in [0.5, 0.6) is 0 Å². The van der Waals surface area contributed by atoms with Gasteiger partial charge in [-0.15, -0.1) is 0 Å². The molecule has 10 heteroatoms. The fourth-order valence-electron chi connectivity index (χ4n) is 4.83. The molecule has 2 rings (SSSR count). The van der Waals surface area contributed by atoms with Crippen LogP contribution in [0, 0.1) is 0 Å². The second-order valence-electron chi connectivity index (χ2n) is 11.5. The maximum absolute atomic E-state index is 11.9. The standard InChI is InChI=1S/2C18H30O3S.2Mg.4H/c2*1-2-3-4-5-6-7-8-9-10-14-17-21-22(19,20)18-15-12-11-13-16-18;;;;;;/h2*11-13,15-16H,2-10,14,17H2,1H3;;;;;;/q;;2*+2;4*-1. The molecule has 46 heavy (non-hydrogen) atoms. The predicted molar refractivity (Wildman–Crippen MR) is 199 cm³/mol. The molecule has 0 aliphatic rings. The summed E-state index contributed by atoms with van der Waals surface area (Å²) in [5, 5.41) is 0. The Morgan fingerprint density at radius 3 is 0.913 bits per heavy atom. The van der Waals surface area contributed by atoms with E-state index in [0.29, 0.717) is 0 Å². The van der Waals surface area contributed by atoms with Crippen molar-refractivity contribution in [2.24, 2.45) is 0 Å². The van der Waals surface area contributed by atoms with E-state index in [1.165, 1.54) is 103 Å². The number of hydrogen-bond acceptors (Lipinski definition) is 6. The molecule has 0 N–H and O–H groups in total. The van der Waals surface area contributed by atoms with Gasteiger partial charge in [0.25, 0.3) is 20.2 Å². The molecule has 0 aliphatic heterocycles. The summed E-state index contributed by atoms with van der Waals surface area (Å²) in [6.07, 6.45) is 24.5. The Kier molecular flexibility index (Phi) is 33.4. The third kappa shape index (κ3) is 25.8. The van der Waals surface area contributed by atoms with Crippen molar-refractivity contribution in [1.29, 1.82) is 0 Å². The summed E-state index contributed by atoms with van der Waals surface area (Å²) in [4.78, 5) is 0.476. The van der Waals surface area contributed by atoms with Gasteiger partial charge in [-0.2, -0.15) is 16.8 Å². The molecule has 0 radical (unpaired) electrons. The van der Waals surface area contributed by atoms with Gasteiger partial charge in [0.1, 0.15) is 0 Å². The average Bonchev–Trinajstić information content (AvgIpc) is 3.03. The first kappa shape index (κ1) is 47.9. The van der Waals surface area contributed by atoms with Gasteiger partial charge in [-0.05, 0) is 37.1 Å². The Balaban J connectivity index is -0.000000173. The summed E-state index contributed by atoms with van der Waals surface area (Å²) >= 11 is 0. The first-order valence-corrected chi connectivity index (χ1v) is 20.0. The van der Waals surface area contributed by atoms with E-state index < -0.39 is 20.2 Å². The van der Waals surface area contributed by atoms with Crippen LogP contribution in [0.3, 0.4) is 0 Å². The summed E-state index contributed by atoms with van der Waals surface area (Å²) in [7, 11) is -7.14. The zero-order chi connectivity index (χ0) is 32.2. The van der Waals surface area contributed by atoms with Crippen LogP contribution in [0.2, 0.25) is 0 Å². The molecule has 0 fully saturated rings. The first-order chi connectivity index (χ1) is 21.3. The van der Waals surface area contributed by atoms with Gasteiger partial charge in [-0.1, -0.05) is 166 Å². The van der Waals surface area contributed by atoms with Crippen LogP contribution in [0.25, 0.3) is 0 Å². The third-order valence-electron chi connectivity index (χ3n) is 7.54. The molecule has 2 aromatic rings. The van der Waals surface area contributed by atoms with Crippen LogP contribution in [0.15, 0.2) is 70.5 Å². The van der Waals surface area contributed by atoms with Crippen molar-refractivity contribution in [3.63, 3.8) is 0 Å². The van der Waals surface area contributed by atoms with E-state index >= 15 is 0 Å². The molecule has 0 heterocycles. The van der Waals surface area contributed by atoms with Crippen molar-refractivity contribution in [3.8, 4) is 0 Å². The number of rotatable bonds is 26. The van der Waals surface area contributed by atoms with Crippen molar-refractivity contribution in [3.05, 3.63) is 60.7 Å². The Hall–Kier alpha value is -0.208. The number of unbranched alkanes of at least 4 members (excludes halogenated alkanes) is 18. The second kappa shape index (κ2) is 32.0. The average molecular weight is 706 g/mol. The van der Waals surface area contributed by atoms with E-state index in [1.54, 1.807) is 60.7 Å². The smallest absolute Gasteiger partial charge is 1.00 e. The molecule has 0 atom stereocenters. The molecule has 0 saturated heterocycles. The van der Waals surface area contributed by atoms with Crippen molar-refractivity contribution in [1.82, 2.24) is 0 Å². The topological polar surface area (TPSA) is 86.7 Å². The quantitative estimate of drug-likeness (QED) is 0.0550. The minimum atomic E-state index is -3.57. The predicted octanol–water partition coefficient (Wildman–Crippen LogP) is 10.3. The van der Waals surface area contributed by atoms with Crippen LogP contribution in [-0.4, -0.2) is 76.2 Å². The summed E-state index contributed by atoms with van der Waals surface area (Å²) in [6, 6.07) is 16.7. The van der Waals surface area contributed by atoms with E-state index in [-0.39, 0.29) is 74.8 Å². The Morgan fingerprint density at radius 2 is 0.652 bits per heavy atom. The molecule has 0 amide bonds. The van der Waals surface area contributed by atoms with Crippen molar-refractivity contribution < 1.29 is 30.9 Å². The largest absolute Gasteiger partial charge is 2.00 e. The van der Waals surface area contributed by atoms with Crippen LogP contribution in [0.4, 0.5) is 0 Å². The monoisotopic (exact) mass is 704 g/mol. The van der Waals surface area contributed by atoms with Crippen molar-refractivity contribution in [2.45, 2.75) is 152 Å². The van der Waals surface area contributed by atoms with E-state index in [9.17, 15) is 16.8 Å². The summed E-state index contributed by atoms with van der Waals surface area (Å²) in [5.41, 5.74) is 0. The molecule has 0 saturated carbocycles. The normalized spacial score (nSPS) is 11.2. The molecule has 0 spiro atoms. The van der Waals surface area contributed by atoms with E-state index in [2.05, 4.69) is 13.8 Å².